The zero-order valence-corrected chi connectivity index (χ0v) is 17.5. The first kappa shape index (κ1) is 22.7. The number of nitrogens with two attached hydrogens (primary N) is 1. The smallest absolute Gasteiger partial charge is 0.322 e. The molecule has 0 spiro atoms. The number of esters is 1. The van der Waals surface area contributed by atoms with E-state index in [1.54, 1.807) is 36.4 Å². The number of benzene rings is 2. The molecule has 3 N–H and O–H groups in total. The molecule has 0 aliphatic heterocycles. The zero-order chi connectivity index (χ0) is 18.6. The van der Waals surface area contributed by atoms with Crippen molar-refractivity contribution in [2.45, 2.75) is 12.5 Å². The quantitative estimate of drug-likeness (QED) is 0.616. The molecule has 2 aromatic rings. The summed E-state index contributed by atoms with van der Waals surface area (Å²) in [6.45, 7) is 0. The summed E-state index contributed by atoms with van der Waals surface area (Å²) in [5, 5.41) is 3.28. The molecule has 0 aromatic heterocycles. The van der Waals surface area contributed by atoms with E-state index in [0.29, 0.717) is 16.6 Å². The standard InChI is InChI=1S/C17H15BrCl2N2O3.ClH/c1-25-17(24)13(21)8-9-5-6-14(10(18)7-9)22-16(23)15-11(19)3-2-4-12(15)20;/h2-7,13H,8,21H2,1H3,(H,22,23);1H/t13-;/m0./s1. The molecule has 0 unspecified atom stereocenters. The highest BCUT2D eigenvalue weighted by atomic mass is 79.9. The van der Waals surface area contributed by atoms with Crippen LogP contribution in [0.5, 0.6) is 0 Å². The molecule has 1 atom stereocenters. The van der Waals surface area contributed by atoms with Crippen LogP contribution in [0, 0.1) is 0 Å². The minimum absolute atomic E-state index is 0. The summed E-state index contributed by atoms with van der Waals surface area (Å²) in [6, 6.07) is 9.33. The van der Waals surface area contributed by atoms with Gasteiger partial charge in [0.1, 0.15) is 6.04 Å². The van der Waals surface area contributed by atoms with Crippen molar-refractivity contribution in [1.29, 1.82) is 0 Å². The van der Waals surface area contributed by atoms with Gasteiger partial charge >= 0.3 is 5.97 Å². The number of hydrogen-bond acceptors (Lipinski definition) is 4. The van der Waals surface area contributed by atoms with E-state index >= 15 is 0 Å². The van der Waals surface area contributed by atoms with Gasteiger partial charge in [-0.1, -0.05) is 35.3 Å². The van der Waals surface area contributed by atoms with Gasteiger partial charge in [-0.3, -0.25) is 9.59 Å². The van der Waals surface area contributed by atoms with Crippen LogP contribution in [-0.4, -0.2) is 25.0 Å². The van der Waals surface area contributed by atoms with E-state index in [-0.39, 0.29) is 28.0 Å². The highest BCUT2D eigenvalue weighted by Crippen LogP contribution is 2.28. The van der Waals surface area contributed by atoms with Crippen molar-refractivity contribution in [2.75, 3.05) is 12.4 Å². The number of carbonyl (C=O) groups is 2. The third-order valence-electron chi connectivity index (χ3n) is 3.43. The van der Waals surface area contributed by atoms with Crippen LogP contribution >= 0.6 is 51.5 Å². The van der Waals surface area contributed by atoms with Gasteiger partial charge < -0.3 is 15.8 Å². The average Bonchev–Trinajstić information content (AvgIpc) is 2.56. The normalized spacial score (nSPS) is 11.3. The van der Waals surface area contributed by atoms with Gasteiger partial charge in [0.15, 0.2) is 0 Å². The molecule has 0 bridgehead atoms. The lowest BCUT2D eigenvalue weighted by molar-refractivity contribution is -0.142. The summed E-state index contributed by atoms with van der Waals surface area (Å²) >= 11 is 15.5. The molecule has 0 saturated carbocycles. The lowest BCUT2D eigenvalue weighted by Crippen LogP contribution is -2.33. The lowest BCUT2D eigenvalue weighted by Gasteiger charge is -2.13. The third kappa shape index (κ3) is 5.59. The van der Waals surface area contributed by atoms with Crippen LogP contribution in [0.1, 0.15) is 15.9 Å². The van der Waals surface area contributed by atoms with Gasteiger partial charge in [-0.15, -0.1) is 12.4 Å². The number of anilines is 1. The van der Waals surface area contributed by atoms with Gasteiger partial charge in [0.05, 0.1) is 28.4 Å². The SMILES string of the molecule is COC(=O)[C@@H](N)Cc1ccc(NC(=O)c2c(Cl)cccc2Cl)c(Br)c1.Cl. The number of halogens is 4. The van der Waals surface area contributed by atoms with Gasteiger partial charge in [0.2, 0.25) is 0 Å². The number of methoxy groups -OCH3 is 1. The first-order valence-corrected chi connectivity index (χ1v) is 8.75. The van der Waals surface area contributed by atoms with Gasteiger partial charge in [0.25, 0.3) is 5.91 Å². The van der Waals surface area contributed by atoms with Crippen molar-refractivity contribution in [2.24, 2.45) is 5.73 Å². The molecule has 2 rings (SSSR count). The van der Waals surface area contributed by atoms with E-state index in [1.807, 2.05) is 0 Å². The minimum Gasteiger partial charge on any atom is -0.468 e. The first-order valence-electron chi connectivity index (χ1n) is 7.20. The van der Waals surface area contributed by atoms with E-state index in [0.717, 1.165) is 5.56 Å². The van der Waals surface area contributed by atoms with Gasteiger partial charge in [-0.05, 0) is 52.2 Å². The van der Waals surface area contributed by atoms with Crippen molar-refractivity contribution in [3.63, 3.8) is 0 Å². The second-order valence-electron chi connectivity index (χ2n) is 5.20. The minimum atomic E-state index is -0.751. The first-order chi connectivity index (χ1) is 11.8. The molecule has 9 heteroatoms. The number of nitrogens with one attached hydrogen (secondary N) is 1. The largest absolute Gasteiger partial charge is 0.468 e. The number of rotatable bonds is 5. The van der Waals surface area contributed by atoms with E-state index < -0.39 is 17.9 Å². The molecule has 140 valence electrons. The molecule has 1 amide bonds. The fourth-order valence-corrected chi connectivity index (χ4v) is 3.27. The van der Waals surface area contributed by atoms with Gasteiger partial charge in [-0.25, -0.2) is 0 Å². The second-order valence-corrected chi connectivity index (χ2v) is 6.87. The summed E-state index contributed by atoms with van der Waals surface area (Å²) in [5.41, 5.74) is 7.31. The second kappa shape index (κ2) is 10.1. The van der Waals surface area contributed by atoms with Crippen molar-refractivity contribution < 1.29 is 14.3 Å². The summed E-state index contributed by atoms with van der Waals surface area (Å²) in [6.07, 6.45) is 0.315. The number of amides is 1. The number of ether oxygens (including phenoxy) is 1. The van der Waals surface area contributed by atoms with Crippen molar-refractivity contribution in [3.8, 4) is 0 Å². The lowest BCUT2D eigenvalue weighted by atomic mass is 10.1. The zero-order valence-electron chi connectivity index (χ0n) is 13.6. The van der Waals surface area contributed by atoms with Crippen LogP contribution in [0.4, 0.5) is 5.69 Å². The molecule has 26 heavy (non-hydrogen) atoms. The Morgan fingerprint density at radius 2 is 1.85 bits per heavy atom. The van der Waals surface area contributed by atoms with Crippen molar-refractivity contribution >= 4 is 69.1 Å². The Morgan fingerprint density at radius 1 is 1.23 bits per heavy atom. The average molecular weight is 483 g/mol. The summed E-state index contributed by atoms with van der Waals surface area (Å²) in [4.78, 5) is 23.8. The van der Waals surface area contributed by atoms with E-state index in [4.69, 9.17) is 28.9 Å². The molecular weight excluding hydrogens is 466 g/mol. The summed E-state index contributed by atoms with van der Waals surface area (Å²) in [7, 11) is 1.29. The Labute approximate surface area is 175 Å². The highest BCUT2D eigenvalue weighted by molar-refractivity contribution is 9.10. The fourth-order valence-electron chi connectivity index (χ4n) is 2.18. The summed E-state index contributed by atoms with van der Waals surface area (Å²) in [5.74, 6) is -0.905. The molecule has 0 fully saturated rings. The van der Waals surface area contributed by atoms with Crippen molar-refractivity contribution in [3.05, 3.63) is 62.0 Å². The van der Waals surface area contributed by atoms with E-state index in [1.165, 1.54) is 7.11 Å². The molecule has 0 aliphatic carbocycles. The molecule has 0 heterocycles. The van der Waals surface area contributed by atoms with Crippen molar-refractivity contribution in [1.82, 2.24) is 0 Å². The topological polar surface area (TPSA) is 81.4 Å². The molecule has 0 aliphatic rings. The van der Waals surface area contributed by atoms with E-state index in [9.17, 15) is 9.59 Å². The molecular formula is C17H16BrCl3N2O3. The maximum Gasteiger partial charge on any atom is 0.322 e. The number of carbonyl (C=O) groups excluding carboxylic acids is 2. The third-order valence-corrected chi connectivity index (χ3v) is 4.72. The predicted molar refractivity (Wildman–Crippen MR) is 110 cm³/mol. The van der Waals surface area contributed by atoms with Crippen LogP contribution in [0.3, 0.4) is 0 Å². The van der Waals surface area contributed by atoms with Crippen LogP contribution in [-0.2, 0) is 16.0 Å². The molecule has 5 nitrogen and oxygen atoms in total. The van der Waals surface area contributed by atoms with Gasteiger partial charge in [0, 0.05) is 4.47 Å². The Morgan fingerprint density at radius 3 is 2.38 bits per heavy atom. The molecule has 0 radical (unpaired) electrons. The highest BCUT2D eigenvalue weighted by Gasteiger charge is 2.17. The Bertz CT molecular complexity index is 798. The van der Waals surface area contributed by atoms with Crippen LogP contribution in [0.25, 0.3) is 0 Å². The Kier molecular flexibility index (Phi) is 8.86. The molecule has 2 aromatic carbocycles. The van der Waals surface area contributed by atoms with Crippen LogP contribution in [0.2, 0.25) is 10.0 Å². The maximum absolute atomic E-state index is 12.4. The van der Waals surface area contributed by atoms with Crippen LogP contribution < -0.4 is 11.1 Å². The fraction of sp³-hybridized carbons (Fsp3) is 0.176. The maximum atomic E-state index is 12.4. The van der Waals surface area contributed by atoms with Crippen LogP contribution in [0.15, 0.2) is 40.9 Å². The predicted octanol–water partition coefficient (Wildman–Crippen LogP) is 4.47. The van der Waals surface area contributed by atoms with Gasteiger partial charge in [-0.2, -0.15) is 0 Å². The monoisotopic (exact) mass is 480 g/mol. The summed E-state index contributed by atoms with van der Waals surface area (Å²) < 4.78 is 5.24. The Balaban J connectivity index is 0.00000338. The Hall–Kier alpha value is -1.31. The van der Waals surface area contributed by atoms with E-state index in [2.05, 4.69) is 26.0 Å². The number of hydrogen-bond donors (Lipinski definition) is 2. The molecule has 0 saturated heterocycles.